The van der Waals surface area contributed by atoms with E-state index in [9.17, 15) is 18.0 Å². The molecule has 9 heteroatoms. The smallest absolute Gasteiger partial charge is 0.270 e. The molecule has 1 heterocycles. The summed E-state index contributed by atoms with van der Waals surface area (Å²) in [6.45, 7) is 2.88. The lowest BCUT2D eigenvalue weighted by molar-refractivity contribution is -0.116. The SMILES string of the molecule is Cc1cc(C)n(CC(=O)Nc2cccc(Cl)c2)c(=O)c1S(=O)(=O)c1ccc(Br)cc1. The van der Waals surface area contributed by atoms with E-state index in [1.165, 1.54) is 12.1 Å². The van der Waals surface area contributed by atoms with Crippen LogP contribution >= 0.6 is 27.5 Å². The lowest BCUT2D eigenvalue weighted by Gasteiger charge is -2.15. The van der Waals surface area contributed by atoms with Crippen molar-refractivity contribution in [3.8, 4) is 0 Å². The Morgan fingerprint density at radius 3 is 2.40 bits per heavy atom. The number of aryl methyl sites for hydroxylation is 2. The molecule has 6 nitrogen and oxygen atoms in total. The first kappa shape index (κ1) is 22.3. The number of amides is 1. The number of hydrogen-bond acceptors (Lipinski definition) is 4. The summed E-state index contributed by atoms with van der Waals surface area (Å²) in [5.74, 6) is -0.474. The molecule has 0 unspecified atom stereocenters. The molecule has 2 aromatic carbocycles. The first-order valence-corrected chi connectivity index (χ1v) is 11.5. The highest BCUT2D eigenvalue weighted by Crippen LogP contribution is 2.23. The molecule has 0 bridgehead atoms. The van der Waals surface area contributed by atoms with Crippen molar-refractivity contribution in [1.82, 2.24) is 4.57 Å². The van der Waals surface area contributed by atoms with Gasteiger partial charge in [-0.2, -0.15) is 0 Å². The molecule has 3 rings (SSSR count). The van der Waals surface area contributed by atoms with E-state index in [1.807, 2.05) is 0 Å². The summed E-state index contributed by atoms with van der Waals surface area (Å²) in [6.07, 6.45) is 0. The van der Waals surface area contributed by atoms with Crippen LogP contribution in [0.3, 0.4) is 0 Å². The summed E-state index contributed by atoms with van der Waals surface area (Å²) in [6, 6.07) is 14.2. The lowest BCUT2D eigenvalue weighted by atomic mass is 10.2. The molecule has 0 aliphatic carbocycles. The molecular weight excluding hydrogens is 492 g/mol. The van der Waals surface area contributed by atoms with Gasteiger partial charge >= 0.3 is 0 Å². The Morgan fingerprint density at radius 1 is 1.10 bits per heavy atom. The zero-order valence-corrected chi connectivity index (χ0v) is 19.3. The normalized spacial score (nSPS) is 11.3. The molecule has 1 amide bonds. The minimum atomic E-state index is -4.06. The van der Waals surface area contributed by atoms with Gasteiger partial charge in [-0.15, -0.1) is 0 Å². The van der Waals surface area contributed by atoms with Crippen molar-refractivity contribution in [3.05, 3.63) is 85.7 Å². The van der Waals surface area contributed by atoms with E-state index in [0.29, 0.717) is 22.0 Å². The molecule has 0 aliphatic rings. The first-order valence-electron chi connectivity index (χ1n) is 8.86. The third kappa shape index (κ3) is 4.66. The van der Waals surface area contributed by atoms with Gasteiger partial charge in [0.1, 0.15) is 11.4 Å². The van der Waals surface area contributed by atoms with Crippen molar-refractivity contribution in [2.45, 2.75) is 30.2 Å². The van der Waals surface area contributed by atoms with Crippen molar-refractivity contribution in [3.63, 3.8) is 0 Å². The maximum Gasteiger partial charge on any atom is 0.270 e. The molecule has 0 fully saturated rings. The number of halogens is 2. The molecule has 1 N–H and O–H groups in total. The minimum absolute atomic E-state index is 0.00434. The Balaban J connectivity index is 2.00. The molecule has 1 aromatic heterocycles. The van der Waals surface area contributed by atoms with E-state index in [2.05, 4.69) is 21.2 Å². The molecular formula is C21H18BrClN2O4S. The fraction of sp³-hybridized carbons (Fsp3) is 0.143. The average molecular weight is 510 g/mol. The van der Waals surface area contributed by atoms with Gasteiger partial charge in [0, 0.05) is 20.9 Å². The molecule has 0 saturated carbocycles. The molecule has 0 radical (unpaired) electrons. The van der Waals surface area contributed by atoms with Gasteiger partial charge < -0.3 is 9.88 Å². The Kier molecular flexibility index (Phi) is 6.50. The van der Waals surface area contributed by atoms with Crippen LogP contribution in [0.1, 0.15) is 11.3 Å². The lowest BCUT2D eigenvalue weighted by Crippen LogP contribution is -2.33. The Labute approximate surface area is 187 Å². The maximum absolute atomic E-state index is 13.1. The second-order valence-corrected chi connectivity index (χ2v) is 9.94. The number of rotatable bonds is 5. The standard InChI is InChI=1S/C21H18BrClN2O4S/c1-13-10-14(2)25(12-19(26)24-17-5-3-4-16(23)11-17)21(27)20(13)30(28,29)18-8-6-15(22)7-9-18/h3-11H,12H2,1-2H3,(H,24,26). The van der Waals surface area contributed by atoms with Gasteiger partial charge in [-0.1, -0.05) is 33.6 Å². The predicted molar refractivity (Wildman–Crippen MR) is 120 cm³/mol. The number of carbonyl (C=O) groups is 1. The van der Waals surface area contributed by atoms with E-state index in [4.69, 9.17) is 11.6 Å². The molecule has 0 atom stereocenters. The number of nitrogens with zero attached hydrogens (tertiary/aromatic N) is 1. The van der Waals surface area contributed by atoms with Crippen LogP contribution in [-0.2, 0) is 21.2 Å². The van der Waals surface area contributed by atoms with Crippen LogP contribution in [0.25, 0.3) is 0 Å². The summed E-state index contributed by atoms with van der Waals surface area (Å²) < 4.78 is 28.1. The fourth-order valence-corrected chi connectivity index (χ4v) is 5.08. The van der Waals surface area contributed by atoms with E-state index >= 15 is 0 Å². The van der Waals surface area contributed by atoms with Crippen molar-refractivity contribution in [2.24, 2.45) is 0 Å². The largest absolute Gasteiger partial charge is 0.324 e. The van der Waals surface area contributed by atoms with Crippen LogP contribution in [0.4, 0.5) is 5.69 Å². The van der Waals surface area contributed by atoms with Gasteiger partial charge in [0.15, 0.2) is 0 Å². The number of anilines is 1. The average Bonchev–Trinajstić information content (AvgIpc) is 2.65. The van der Waals surface area contributed by atoms with Crippen LogP contribution in [0.5, 0.6) is 0 Å². The molecule has 0 aliphatic heterocycles. The number of aromatic nitrogens is 1. The number of benzene rings is 2. The predicted octanol–water partition coefficient (Wildman–Crippen LogP) is 4.35. The molecule has 0 saturated heterocycles. The van der Waals surface area contributed by atoms with Gasteiger partial charge in [-0.25, -0.2) is 8.42 Å². The number of sulfone groups is 1. The highest BCUT2D eigenvalue weighted by Gasteiger charge is 2.26. The summed E-state index contributed by atoms with van der Waals surface area (Å²) in [4.78, 5) is 25.3. The summed E-state index contributed by atoms with van der Waals surface area (Å²) >= 11 is 9.18. The van der Waals surface area contributed by atoms with Crippen molar-refractivity contribution in [1.29, 1.82) is 0 Å². The quantitative estimate of drug-likeness (QED) is 0.554. The Hall–Kier alpha value is -2.42. The van der Waals surface area contributed by atoms with Gasteiger partial charge in [0.2, 0.25) is 15.7 Å². The molecule has 0 spiro atoms. The van der Waals surface area contributed by atoms with Crippen molar-refractivity contribution < 1.29 is 13.2 Å². The monoisotopic (exact) mass is 508 g/mol. The van der Waals surface area contributed by atoms with Crippen LogP contribution < -0.4 is 10.9 Å². The first-order chi connectivity index (χ1) is 14.1. The van der Waals surface area contributed by atoms with E-state index in [1.54, 1.807) is 56.3 Å². The van der Waals surface area contributed by atoms with Gasteiger partial charge in [0.05, 0.1) is 4.90 Å². The van der Waals surface area contributed by atoms with Gasteiger partial charge in [0.25, 0.3) is 5.56 Å². The highest BCUT2D eigenvalue weighted by molar-refractivity contribution is 9.10. The summed E-state index contributed by atoms with van der Waals surface area (Å²) in [5, 5.41) is 3.12. The molecule has 30 heavy (non-hydrogen) atoms. The van der Waals surface area contributed by atoms with E-state index in [0.717, 1.165) is 9.04 Å². The second-order valence-electron chi connectivity index (χ2n) is 6.71. The van der Waals surface area contributed by atoms with Crippen molar-refractivity contribution >= 4 is 49.0 Å². The van der Waals surface area contributed by atoms with Crippen molar-refractivity contribution in [2.75, 3.05) is 5.32 Å². The van der Waals surface area contributed by atoms with Crippen LogP contribution in [-0.4, -0.2) is 18.9 Å². The number of hydrogen-bond donors (Lipinski definition) is 1. The summed E-state index contributed by atoms with van der Waals surface area (Å²) in [7, 11) is -4.06. The van der Waals surface area contributed by atoms with Crippen LogP contribution in [0.2, 0.25) is 5.02 Å². The fourth-order valence-electron chi connectivity index (χ4n) is 3.07. The zero-order chi connectivity index (χ0) is 22.1. The zero-order valence-electron chi connectivity index (χ0n) is 16.1. The third-order valence-corrected chi connectivity index (χ3v) is 7.14. The number of carbonyl (C=O) groups excluding carboxylic acids is 1. The second kappa shape index (κ2) is 8.75. The maximum atomic E-state index is 13.1. The third-order valence-electron chi connectivity index (χ3n) is 4.45. The number of nitrogens with one attached hydrogen (secondary N) is 1. The molecule has 3 aromatic rings. The highest BCUT2D eigenvalue weighted by atomic mass is 79.9. The topological polar surface area (TPSA) is 85.2 Å². The molecule has 156 valence electrons. The van der Waals surface area contributed by atoms with Gasteiger partial charge in [-0.3, -0.25) is 9.59 Å². The van der Waals surface area contributed by atoms with Crippen LogP contribution in [0.15, 0.2) is 73.7 Å². The minimum Gasteiger partial charge on any atom is -0.324 e. The Morgan fingerprint density at radius 2 is 1.77 bits per heavy atom. The number of pyridine rings is 1. The van der Waals surface area contributed by atoms with Crippen LogP contribution in [0, 0.1) is 13.8 Å². The summed E-state index contributed by atoms with van der Waals surface area (Å²) in [5.41, 5.74) is 0.546. The van der Waals surface area contributed by atoms with Gasteiger partial charge in [-0.05, 0) is 67.9 Å². The van der Waals surface area contributed by atoms with E-state index in [-0.39, 0.29) is 16.3 Å². The van der Waals surface area contributed by atoms with E-state index < -0.39 is 21.3 Å². The Bertz CT molecular complexity index is 1290.